The second-order valence-electron chi connectivity index (χ2n) is 5.64. The Morgan fingerprint density at radius 2 is 1.92 bits per heavy atom. The van der Waals surface area contributed by atoms with E-state index in [4.69, 9.17) is 5.11 Å². The molecule has 1 N–H and O–H groups in total. The fourth-order valence-electron chi connectivity index (χ4n) is 2.52. The molecule has 0 spiro atoms. The summed E-state index contributed by atoms with van der Waals surface area (Å²) in [5, 5.41) is 9.42. The van der Waals surface area contributed by atoms with Crippen LogP contribution in [0.2, 0.25) is 0 Å². The van der Waals surface area contributed by atoms with Crippen molar-refractivity contribution in [3.63, 3.8) is 0 Å². The Bertz CT molecular complexity index is 869. The summed E-state index contributed by atoms with van der Waals surface area (Å²) < 4.78 is 2.25. The van der Waals surface area contributed by atoms with Crippen LogP contribution in [0, 0.1) is 0 Å². The van der Waals surface area contributed by atoms with Crippen LogP contribution < -0.4 is 11.2 Å². The highest BCUT2D eigenvalue weighted by molar-refractivity contribution is 5.94. The van der Waals surface area contributed by atoms with Gasteiger partial charge in [0, 0.05) is 27.2 Å². The number of pyridine rings is 1. The van der Waals surface area contributed by atoms with Gasteiger partial charge in [0.15, 0.2) is 0 Å². The molecule has 0 bridgehead atoms. The van der Waals surface area contributed by atoms with Crippen molar-refractivity contribution in [1.82, 2.24) is 19.0 Å². The molecule has 24 heavy (non-hydrogen) atoms. The minimum Gasteiger partial charge on any atom is -0.395 e. The lowest BCUT2D eigenvalue weighted by Crippen LogP contribution is -2.38. The first-order valence-corrected chi connectivity index (χ1v) is 7.89. The highest BCUT2D eigenvalue weighted by atomic mass is 16.3. The number of aryl methyl sites for hydroxylation is 1. The molecule has 0 atom stereocenters. The topological polar surface area (TPSA) is 97.4 Å². The van der Waals surface area contributed by atoms with Crippen molar-refractivity contribution in [2.45, 2.75) is 19.8 Å². The van der Waals surface area contributed by atoms with Crippen LogP contribution in [0.4, 0.5) is 0 Å². The molecule has 2 rings (SSSR count). The van der Waals surface area contributed by atoms with Crippen LogP contribution in [0.3, 0.4) is 0 Å². The molecule has 2 aromatic rings. The summed E-state index contributed by atoms with van der Waals surface area (Å²) in [6.07, 6.45) is 1.74. The van der Waals surface area contributed by atoms with E-state index in [0.29, 0.717) is 6.54 Å². The molecule has 0 aliphatic heterocycles. The molecule has 0 aliphatic rings. The number of fused-ring (bicyclic) bond motifs is 1. The zero-order valence-electron chi connectivity index (χ0n) is 14.2. The fourth-order valence-corrected chi connectivity index (χ4v) is 2.52. The third-order valence-electron chi connectivity index (χ3n) is 3.96. The van der Waals surface area contributed by atoms with Crippen molar-refractivity contribution in [2.24, 2.45) is 14.1 Å². The lowest BCUT2D eigenvalue weighted by molar-refractivity contribution is 0.0714. The second kappa shape index (κ2) is 7.39. The molecule has 130 valence electrons. The van der Waals surface area contributed by atoms with Gasteiger partial charge in [-0.15, -0.1) is 0 Å². The van der Waals surface area contributed by atoms with Gasteiger partial charge < -0.3 is 10.0 Å². The van der Waals surface area contributed by atoms with E-state index in [-0.39, 0.29) is 35.8 Å². The van der Waals surface area contributed by atoms with Crippen molar-refractivity contribution < 1.29 is 9.90 Å². The van der Waals surface area contributed by atoms with Crippen LogP contribution in [0.5, 0.6) is 0 Å². The van der Waals surface area contributed by atoms with E-state index in [9.17, 15) is 14.4 Å². The van der Waals surface area contributed by atoms with Gasteiger partial charge in [0.1, 0.15) is 11.3 Å². The van der Waals surface area contributed by atoms with Gasteiger partial charge in [0.05, 0.1) is 12.0 Å². The second-order valence-corrected chi connectivity index (χ2v) is 5.64. The third-order valence-corrected chi connectivity index (χ3v) is 3.96. The van der Waals surface area contributed by atoms with E-state index in [1.165, 1.54) is 35.7 Å². The molecule has 0 saturated heterocycles. The lowest BCUT2D eigenvalue weighted by Gasteiger charge is -2.21. The largest absolute Gasteiger partial charge is 0.395 e. The van der Waals surface area contributed by atoms with Crippen LogP contribution in [0.25, 0.3) is 11.0 Å². The Morgan fingerprint density at radius 3 is 2.54 bits per heavy atom. The van der Waals surface area contributed by atoms with Gasteiger partial charge >= 0.3 is 5.69 Å². The monoisotopic (exact) mass is 334 g/mol. The van der Waals surface area contributed by atoms with Gasteiger partial charge in [-0.05, 0) is 18.6 Å². The van der Waals surface area contributed by atoms with Crippen LogP contribution in [0.15, 0.2) is 21.7 Å². The first-order chi connectivity index (χ1) is 11.4. The summed E-state index contributed by atoms with van der Waals surface area (Å²) in [4.78, 5) is 42.5. The summed E-state index contributed by atoms with van der Waals surface area (Å²) in [6.45, 7) is 2.61. The average molecular weight is 334 g/mol. The van der Waals surface area contributed by atoms with Gasteiger partial charge in [-0.1, -0.05) is 13.3 Å². The zero-order chi connectivity index (χ0) is 17.9. The van der Waals surface area contributed by atoms with Crippen LogP contribution in [0.1, 0.15) is 30.3 Å². The standard InChI is InChI=1S/C16H22N4O4/c1-4-5-8-20(9-10-21)15(23)12-7-6-11-13(17-12)18(2)16(24)19(3)14(11)22/h6-7,21H,4-5,8-10H2,1-3H3. The number of carbonyl (C=O) groups is 1. The Labute approximate surface area is 139 Å². The SMILES string of the molecule is CCCCN(CCO)C(=O)c1ccc2c(=O)n(C)c(=O)n(C)c2n1. The molecule has 1 amide bonds. The maximum absolute atomic E-state index is 12.6. The Kier molecular flexibility index (Phi) is 5.50. The first-order valence-electron chi connectivity index (χ1n) is 7.89. The van der Waals surface area contributed by atoms with Gasteiger partial charge in [-0.25, -0.2) is 9.78 Å². The molecular formula is C16H22N4O4. The number of aliphatic hydroxyl groups is 1. The zero-order valence-corrected chi connectivity index (χ0v) is 14.2. The highest BCUT2D eigenvalue weighted by Gasteiger charge is 2.18. The van der Waals surface area contributed by atoms with Crippen LogP contribution >= 0.6 is 0 Å². The van der Waals surface area contributed by atoms with E-state index in [0.717, 1.165) is 17.4 Å². The molecule has 2 heterocycles. The van der Waals surface area contributed by atoms with Crippen molar-refractivity contribution in [3.05, 3.63) is 38.7 Å². The Hall–Kier alpha value is -2.48. The fraction of sp³-hybridized carbons (Fsp3) is 0.500. The maximum atomic E-state index is 12.6. The molecule has 0 fully saturated rings. The normalized spacial score (nSPS) is 11.0. The minimum absolute atomic E-state index is 0.137. The molecule has 0 aromatic carbocycles. The number of nitrogens with zero attached hydrogens (tertiary/aromatic N) is 4. The number of aliphatic hydroxyl groups excluding tert-OH is 1. The summed E-state index contributed by atoms with van der Waals surface area (Å²) >= 11 is 0. The minimum atomic E-state index is -0.497. The van der Waals surface area contributed by atoms with Crippen molar-refractivity contribution >= 4 is 16.9 Å². The first kappa shape index (κ1) is 17.9. The number of aromatic nitrogens is 3. The van der Waals surface area contributed by atoms with E-state index in [1.54, 1.807) is 0 Å². The molecule has 0 radical (unpaired) electrons. The quantitative estimate of drug-likeness (QED) is 0.793. The number of hydrogen-bond donors (Lipinski definition) is 1. The van der Waals surface area contributed by atoms with E-state index in [2.05, 4.69) is 4.98 Å². The molecule has 2 aromatic heterocycles. The van der Waals surface area contributed by atoms with Gasteiger partial charge in [0.2, 0.25) is 0 Å². The third kappa shape index (κ3) is 3.23. The van der Waals surface area contributed by atoms with Gasteiger partial charge in [-0.2, -0.15) is 0 Å². The summed E-state index contributed by atoms with van der Waals surface area (Å²) in [5.74, 6) is -0.326. The van der Waals surface area contributed by atoms with Crippen molar-refractivity contribution in [1.29, 1.82) is 0 Å². The lowest BCUT2D eigenvalue weighted by atomic mass is 10.2. The maximum Gasteiger partial charge on any atom is 0.332 e. The average Bonchev–Trinajstić information content (AvgIpc) is 2.60. The Balaban J connectivity index is 2.52. The van der Waals surface area contributed by atoms with E-state index < -0.39 is 11.2 Å². The highest BCUT2D eigenvalue weighted by Crippen LogP contribution is 2.09. The predicted octanol–water partition coefficient (Wildman–Crippen LogP) is -0.133. The molecule has 0 saturated carbocycles. The summed E-state index contributed by atoms with van der Waals surface area (Å²) in [6, 6.07) is 2.99. The van der Waals surface area contributed by atoms with Crippen molar-refractivity contribution in [2.75, 3.05) is 19.7 Å². The van der Waals surface area contributed by atoms with Gasteiger partial charge in [0.25, 0.3) is 11.5 Å². The van der Waals surface area contributed by atoms with E-state index in [1.807, 2.05) is 6.92 Å². The van der Waals surface area contributed by atoms with Crippen molar-refractivity contribution in [3.8, 4) is 0 Å². The van der Waals surface area contributed by atoms with Crippen LogP contribution in [-0.4, -0.2) is 49.7 Å². The summed E-state index contributed by atoms with van der Waals surface area (Å²) in [5.41, 5.74) is -0.621. The number of unbranched alkanes of at least 4 members (excludes halogenated alkanes) is 1. The molecule has 0 aliphatic carbocycles. The number of carbonyl (C=O) groups excluding carboxylic acids is 1. The van der Waals surface area contributed by atoms with Crippen LogP contribution in [-0.2, 0) is 14.1 Å². The molecule has 8 nitrogen and oxygen atoms in total. The van der Waals surface area contributed by atoms with Gasteiger partial charge in [-0.3, -0.25) is 18.7 Å². The molecule has 8 heteroatoms. The van der Waals surface area contributed by atoms with E-state index >= 15 is 0 Å². The number of amides is 1. The molecule has 0 unspecified atom stereocenters. The smallest absolute Gasteiger partial charge is 0.332 e. The number of rotatable bonds is 6. The predicted molar refractivity (Wildman–Crippen MR) is 90.1 cm³/mol. The Morgan fingerprint density at radius 1 is 1.21 bits per heavy atom. The number of hydrogen-bond acceptors (Lipinski definition) is 5. The summed E-state index contributed by atoms with van der Waals surface area (Å²) in [7, 11) is 2.91. The molecular weight excluding hydrogens is 312 g/mol.